The summed E-state index contributed by atoms with van der Waals surface area (Å²) in [4.78, 5) is 10.2. The molecule has 1 N–H and O–H groups in total. The van der Waals surface area contributed by atoms with Crippen LogP contribution in [0.4, 0.5) is 11.4 Å². The molecule has 1 aliphatic carbocycles. The van der Waals surface area contributed by atoms with Gasteiger partial charge in [0, 0.05) is 12.1 Å². The molecule has 0 saturated heterocycles. The number of hydrogen-bond donors (Lipinski definition) is 1. The van der Waals surface area contributed by atoms with E-state index in [4.69, 9.17) is 0 Å². The highest BCUT2D eigenvalue weighted by molar-refractivity contribution is 5.50. The molecule has 2 rings (SSSR count). The number of nitro groups is 1. The minimum absolute atomic E-state index is 0.0343. The normalized spacial score (nSPS) is 22.3. The van der Waals surface area contributed by atoms with Crippen LogP contribution in [0, 0.1) is 10.1 Å². The zero-order valence-electron chi connectivity index (χ0n) is 11.7. The second-order valence-electron chi connectivity index (χ2n) is 5.22. The van der Waals surface area contributed by atoms with Crippen LogP contribution in [0.15, 0.2) is 35.9 Å². The summed E-state index contributed by atoms with van der Waals surface area (Å²) in [5.74, 6) is 0. The van der Waals surface area contributed by atoms with Gasteiger partial charge >= 0.3 is 0 Å². The van der Waals surface area contributed by atoms with E-state index in [0.29, 0.717) is 5.69 Å². The van der Waals surface area contributed by atoms with Gasteiger partial charge in [-0.25, -0.2) is 5.06 Å². The minimum atomic E-state index is -0.438. The van der Waals surface area contributed by atoms with Crippen molar-refractivity contribution < 1.29 is 10.1 Å². The van der Waals surface area contributed by atoms with Gasteiger partial charge in [-0.2, -0.15) is 0 Å². The van der Waals surface area contributed by atoms with E-state index >= 15 is 0 Å². The van der Waals surface area contributed by atoms with Crippen LogP contribution < -0.4 is 5.06 Å². The Balaban J connectivity index is 2.17. The Morgan fingerprint density at radius 2 is 1.95 bits per heavy atom. The fourth-order valence-electron chi connectivity index (χ4n) is 2.57. The van der Waals surface area contributed by atoms with Crippen LogP contribution in [0.5, 0.6) is 0 Å². The van der Waals surface area contributed by atoms with Crippen LogP contribution >= 0.6 is 0 Å². The fourth-order valence-corrected chi connectivity index (χ4v) is 2.57. The molecule has 108 valence electrons. The predicted molar refractivity (Wildman–Crippen MR) is 78.0 cm³/mol. The maximum Gasteiger partial charge on any atom is 0.269 e. The average Bonchev–Trinajstić information content (AvgIpc) is 2.43. The molecule has 0 aliphatic heterocycles. The molecule has 20 heavy (non-hydrogen) atoms. The number of nitrogens with zero attached hydrogens (tertiary/aromatic N) is 2. The smallest absolute Gasteiger partial charge is 0.269 e. The molecule has 5 nitrogen and oxygen atoms in total. The molecule has 1 unspecified atom stereocenters. The van der Waals surface area contributed by atoms with Gasteiger partial charge in [0.1, 0.15) is 0 Å². The zero-order valence-corrected chi connectivity index (χ0v) is 11.7. The van der Waals surface area contributed by atoms with Crippen LogP contribution in [0.1, 0.15) is 39.0 Å². The van der Waals surface area contributed by atoms with E-state index in [0.717, 1.165) is 24.8 Å². The summed E-state index contributed by atoms with van der Waals surface area (Å²) in [6.45, 7) is 2.03. The number of hydroxylamine groups is 1. The number of non-ortho nitro benzene ring substituents is 1. The van der Waals surface area contributed by atoms with Crippen molar-refractivity contribution in [2.75, 3.05) is 5.06 Å². The van der Waals surface area contributed by atoms with Crippen molar-refractivity contribution in [3.8, 4) is 0 Å². The van der Waals surface area contributed by atoms with E-state index < -0.39 is 4.92 Å². The molecule has 1 aromatic rings. The third-order valence-electron chi connectivity index (χ3n) is 3.79. The Hall–Kier alpha value is -1.88. The third-order valence-corrected chi connectivity index (χ3v) is 3.79. The van der Waals surface area contributed by atoms with Gasteiger partial charge in [-0.1, -0.05) is 24.5 Å². The Morgan fingerprint density at radius 3 is 2.60 bits per heavy atom. The molecule has 5 heteroatoms. The van der Waals surface area contributed by atoms with E-state index in [1.54, 1.807) is 12.1 Å². The predicted octanol–water partition coefficient (Wildman–Crippen LogP) is 4.07. The molecular weight excluding hydrogens is 256 g/mol. The summed E-state index contributed by atoms with van der Waals surface area (Å²) in [6.07, 6.45) is 7.59. The first-order valence-electron chi connectivity index (χ1n) is 6.99. The number of benzene rings is 1. The molecule has 0 radical (unpaired) electrons. The maximum atomic E-state index is 10.6. The SMILES string of the molecule is C/C1=C/CCCCCC1N(O)c1ccc([N+](=O)[O-])cc1. The molecular formula is C15H20N2O3. The molecule has 1 atom stereocenters. The lowest BCUT2D eigenvalue weighted by Crippen LogP contribution is -2.33. The molecule has 1 aliphatic rings. The van der Waals surface area contributed by atoms with Crippen molar-refractivity contribution in [3.63, 3.8) is 0 Å². The molecule has 0 spiro atoms. The second-order valence-corrected chi connectivity index (χ2v) is 5.22. The molecule has 0 amide bonds. The summed E-state index contributed by atoms with van der Waals surface area (Å²) in [5, 5.41) is 22.3. The summed E-state index contributed by atoms with van der Waals surface area (Å²) < 4.78 is 0. The Morgan fingerprint density at radius 1 is 1.25 bits per heavy atom. The lowest BCUT2D eigenvalue weighted by Gasteiger charge is -2.29. The highest BCUT2D eigenvalue weighted by Crippen LogP contribution is 2.26. The van der Waals surface area contributed by atoms with Crippen LogP contribution in [-0.2, 0) is 0 Å². The quantitative estimate of drug-likeness (QED) is 0.513. The molecule has 1 aromatic carbocycles. The van der Waals surface area contributed by atoms with Gasteiger partial charge in [-0.3, -0.25) is 15.3 Å². The summed E-state index contributed by atoms with van der Waals surface area (Å²) in [5.41, 5.74) is 1.78. The largest absolute Gasteiger partial charge is 0.288 e. The van der Waals surface area contributed by atoms with Crippen LogP contribution in [0.25, 0.3) is 0 Å². The lowest BCUT2D eigenvalue weighted by atomic mass is 9.96. The average molecular weight is 276 g/mol. The Bertz CT molecular complexity index is 496. The van der Waals surface area contributed by atoms with Crippen molar-refractivity contribution in [2.45, 2.75) is 45.1 Å². The number of allylic oxidation sites excluding steroid dienone is 1. The number of nitro benzene ring substituents is 1. The van der Waals surface area contributed by atoms with E-state index in [1.165, 1.54) is 30.0 Å². The Kier molecular flexibility index (Phi) is 4.74. The van der Waals surface area contributed by atoms with Gasteiger partial charge in [-0.15, -0.1) is 0 Å². The molecule has 0 saturated carbocycles. The van der Waals surface area contributed by atoms with E-state index in [9.17, 15) is 15.3 Å². The summed E-state index contributed by atoms with van der Waals surface area (Å²) in [6, 6.07) is 5.96. The first-order chi connectivity index (χ1) is 9.59. The van der Waals surface area contributed by atoms with Gasteiger partial charge in [-0.05, 0) is 38.3 Å². The third kappa shape index (κ3) is 3.36. The van der Waals surface area contributed by atoms with Crippen LogP contribution in [0.3, 0.4) is 0 Å². The minimum Gasteiger partial charge on any atom is -0.288 e. The topological polar surface area (TPSA) is 66.6 Å². The van der Waals surface area contributed by atoms with Gasteiger partial charge in [0.25, 0.3) is 5.69 Å². The van der Waals surface area contributed by atoms with Crippen LogP contribution in [0.2, 0.25) is 0 Å². The van der Waals surface area contributed by atoms with Gasteiger partial charge < -0.3 is 0 Å². The van der Waals surface area contributed by atoms with Gasteiger partial charge in [0.05, 0.1) is 16.7 Å². The second kappa shape index (κ2) is 6.52. The van der Waals surface area contributed by atoms with Gasteiger partial charge in [0.2, 0.25) is 0 Å². The van der Waals surface area contributed by atoms with Crippen molar-refractivity contribution in [1.82, 2.24) is 0 Å². The van der Waals surface area contributed by atoms with Crippen LogP contribution in [-0.4, -0.2) is 16.2 Å². The fraction of sp³-hybridized carbons (Fsp3) is 0.467. The first-order valence-corrected chi connectivity index (χ1v) is 6.99. The van der Waals surface area contributed by atoms with Crippen molar-refractivity contribution in [2.24, 2.45) is 0 Å². The Labute approximate surface area is 118 Å². The van der Waals surface area contributed by atoms with E-state index in [1.807, 2.05) is 6.92 Å². The first kappa shape index (κ1) is 14.5. The monoisotopic (exact) mass is 276 g/mol. The number of anilines is 1. The van der Waals surface area contributed by atoms with E-state index in [2.05, 4.69) is 6.08 Å². The maximum absolute atomic E-state index is 10.6. The summed E-state index contributed by atoms with van der Waals surface area (Å²) >= 11 is 0. The highest BCUT2D eigenvalue weighted by Gasteiger charge is 2.20. The lowest BCUT2D eigenvalue weighted by molar-refractivity contribution is -0.384. The molecule has 0 aromatic heterocycles. The molecule has 0 bridgehead atoms. The van der Waals surface area contributed by atoms with E-state index in [-0.39, 0.29) is 11.7 Å². The van der Waals surface area contributed by atoms with Crippen molar-refractivity contribution in [3.05, 3.63) is 46.0 Å². The molecule has 0 fully saturated rings. The highest BCUT2D eigenvalue weighted by atomic mass is 16.6. The number of rotatable bonds is 3. The number of hydrogen-bond acceptors (Lipinski definition) is 4. The summed E-state index contributed by atoms with van der Waals surface area (Å²) in [7, 11) is 0. The van der Waals surface area contributed by atoms with Crippen molar-refractivity contribution >= 4 is 11.4 Å². The zero-order chi connectivity index (χ0) is 14.5. The van der Waals surface area contributed by atoms with Crippen molar-refractivity contribution in [1.29, 1.82) is 0 Å². The molecule has 0 heterocycles. The van der Waals surface area contributed by atoms with Gasteiger partial charge in [0.15, 0.2) is 0 Å². The standard InChI is InChI=1S/C15H20N2O3/c1-12-6-4-2-3-5-7-15(12)16(18)13-8-10-14(11-9-13)17(19)20/h6,8-11,15,18H,2-5,7H2,1H3/b12-6-.